The number of hydrogen-bond donors (Lipinski definition) is 0. The number of nitrogens with zero attached hydrogens (tertiary/aromatic N) is 3. The van der Waals surface area contributed by atoms with Crippen LogP contribution in [0.5, 0.6) is 11.6 Å². The summed E-state index contributed by atoms with van der Waals surface area (Å²) in [5, 5.41) is 0. The fraction of sp³-hybridized carbons (Fsp3) is 0.250. The highest BCUT2D eigenvalue weighted by molar-refractivity contribution is 5.68. The van der Waals surface area contributed by atoms with Crippen molar-refractivity contribution in [2.45, 2.75) is 13.8 Å². The molecule has 0 fully saturated rings. The van der Waals surface area contributed by atoms with Gasteiger partial charge in [-0.15, -0.1) is 0 Å². The van der Waals surface area contributed by atoms with Crippen molar-refractivity contribution in [1.29, 1.82) is 0 Å². The zero-order valence-electron chi connectivity index (χ0n) is 12.5. The van der Waals surface area contributed by atoms with Gasteiger partial charge in [0.05, 0.1) is 26.1 Å². The normalized spacial score (nSPS) is 10.9. The Bertz CT molecular complexity index is 785. The first-order chi connectivity index (χ1) is 10.2. The highest BCUT2D eigenvalue weighted by atomic mass is 16.5. The van der Waals surface area contributed by atoms with Gasteiger partial charge in [-0.3, -0.25) is 4.40 Å². The van der Waals surface area contributed by atoms with Crippen LogP contribution in [0.4, 0.5) is 0 Å². The molecule has 108 valence electrons. The van der Waals surface area contributed by atoms with E-state index in [9.17, 15) is 0 Å². The molecule has 2 heterocycles. The molecule has 5 heteroatoms. The number of fused-ring (bicyclic) bond motifs is 1. The Labute approximate surface area is 123 Å². The fourth-order valence-electron chi connectivity index (χ4n) is 2.67. The summed E-state index contributed by atoms with van der Waals surface area (Å²) >= 11 is 0. The first-order valence-electron chi connectivity index (χ1n) is 6.67. The number of methoxy groups -OCH3 is 2. The van der Waals surface area contributed by atoms with Crippen LogP contribution in [0.15, 0.2) is 30.7 Å². The van der Waals surface area contributed by atoms with Gasteiger partial charge >= 0.3 is 0 Å². The fourth-order valence-corrected chi connectivity index (χ4v) is 2.67. The van der Waals surface area contributed by atoms with Gasteiger partial charge in [-0.2, -0.15) is 0 Å². The molecule has 0 unspecified atom stereocenters. The number of aromatic nitrogens is 3. The van der Waals surface area contributed by atoms with Crippen LogP contribution in [-0.2, 0) is 0 Å². The molecule has 0 atom stereocenters. The summed E-state index contributed by atoms with van der Waals surface area (Å²) in [5.74, 6) is 1.44. The highest BCUT2D eigenvalue weighted by Crippen LogP contribution is 2.31. The van der Waals surface area contributed by atoms with Gasteiger partial charge in [0.1, 0.15) is 5.75 Å². The third-order valence-corrected chi connectivity index (χ3v) is 3.55. The average molecular weight is 283 g/mol. The quantitative estimate of drug-likeness (QED) is 0.741. The lowest BCUT2D eigenvalue weighted by atomic mass is 10.0. The minimum atomic E-state index is 0.519. The van der Waals surface area contributed by atoms with Crippen molar-refractivity contribution < 1.29 is 9.47 Å². The van der Waals surface area contributed by atoms with E-state index in [4.69, 9.17) is 9.47 Å². The molecular formula is C16H17N3O2. The van der Waals surface area contributed by atoms with E-state index < -0.39 is 0 Å². The molecule has 0 aliphatic rings. The maximum Gasteiger partial charge on any atom is 0.258 e. The zero-order valence-corrected chi connectivity index (χ0v) is 12.5. The number of benzene rings is 1. The number of hydrogen-bond acceptors (Lipinski definition) is 4. The first-order valence-corrected chi connectivity index (χ1v) is 6.67. The van der Waals surface area contributed by atoms with E-state index in [1.807, 2.05) is 30.6 Å². The van der Waals surface area contributed by atoms with Gasteiger partial charge in [0, 0.05) is 18.0 Å². The van der Waals surface area contributed by atoms with Crippen LogP contribution in [-0.4, -0.2) is 28.6 Å². The summed E-state index contributed by atoms with van der Waals surface area (Å²) in [6.07, 6.45) is 5.43. The molecule has 0 N–H and O–H groups in total. The summed E-state index contributed by atoms with van der Waals surface area (Å²) in [4.78, 5) is 8.58. The van der Waals surface area contributed by atoms with Gasteiger partial charge in [-0.05, 0) is 37.1 Å². The SMILES string of the molecule is COc1c(C)cc(-c2cnc3c(OC)nccn23)cc1C. The molecule has 0 radical (unpaired) electrons. The summed E-state index contributed by atoms with van der Waals surface area (Å²) in [6, 6.07) is 4.20. The highest BCUT2D eigenvalue weighted by Gasteiger charge is 2.13. The van der Waals surface area contributed by atoms with Gasteiger partial charge in [-0.1, -0.05) is 0 Å². The second kappa shape index (κ2) is 5.09. The Morgan fingerprint density at radius 3 is 2.33 bits per heavy atom. The number of aryl methyl sites for hydroxylation is 2. The van der Waals surface area contributed by atoms with Crippen molar-refractivity contribution in [3.63, 3.8) is 0 Å². The predicted molar refractivity (Wildman–Crippen MR) is 81.0 cm³/mol. The van der Waals surface area contributed by atoms with E-state index in [0.29, 0.717) is 11.5 Å². The predicted octanol–water partition coefficient (Wildman–Crippen LogP) is 3.03. The average Bonchev–Trinajstić information content (AvgIpc) is 2.90. The second-order valence-corrected chi connectivity index (χ2v) is 4.92. The van der Waals surface area contributed by atoms with E-state index in [1.165, 1.54) is 0 Å². The van der Waals surface area contributed by atoms with Crippen molar-refractivity contribution in [3.05, 3.63) is 41.9 Å². The molecule has 3 aromatic rings. The van der Waals surface area contributed by atoms with Crippen molar-refractivity contribution in [2.24, 2.45) is 0 Å². The Morgan fingerprint density at radius 1 is 1.00 bits per heavy atom. The first kappa shape index (κ1) is 13.4. The lowest BCUT2D eigenvalue weighted by Crippen LogP contribution is -1.96. The van der Waals surface area contributed by atoms with Crippen LogP contribution >= 0.6 is 0 Å². The number of ether oxygens (including phenoxy) is 2. The minimum Gasteiger partial charge on any atom is -0.496 e. The minimum absolute atomic E-state index is 0.519. The van der Waals surface area contributed by atoms with Crippen LogP contribution in [0.3, 0.4) is 0 Å². The van der Waals surface area contributed by atoms with Crippen molar-refractivity contribution in [3.8, 4) is 22.9 Å². The van der Waals surface area contributed by atoms with Crippen LogP contribution in [0.25, 0.3) is 16.9 Å². The van der Waals surface area contributed by atoms with Gasteiger partial charge in [0.25, 0.3) is 5.88 Å². The zero-order chi connectivity index (χ0) is 15.0. The number of imidazole rings is 1. The third kappa shape index (κ3) is 2.11. The maximum atomic E-state index is 5.42. The molecular weight excluding hydrogens is 266 g/mol. The van der Waals surface area contributed by atoms with Crippen LogP contribution in [0.1, 0.15) is 11.1 Å². The van der Waals surface area contributed by atoms with Gasteiger partial charge in [0.15, 0.2) is 0 Å². The molecule has 3 rings (SSSR count). The molecule has 1 aromatic carbocycles. The smallest absolute Gasteiger partial charge is 0.258 e. The summed E-state index contributed by atoms with van der Waals surface area (Å²) in [7, 11) is 3.29. The molecule has 0 aliphatic heterocycles. The monoisotopic (exact) mass is 283 g/mol. The molecule has 21 heavy (non-hydrogen) atoms. The van der Waals surface area contributed by atoms with E-state index in [0.717, 1.165) is 28.1 Å². The summed E-state index contributed by atoms with van der Waals surface area (Å²) in [5.41, 5.74) is 5.00. The van der Waals surface area contributed by atoms with Gasteiger partial charge in [-0.25, -0.2) is 9.97 Å². The van der Waals surface area contributed by atoms with E-state index in [2.05, 4.69) is 22.1 Å². The Hall–Kier alpha value is -2.56. The summed E-state index contributed by atoms with van der Waals surface area (Å²) in [6.45, 7) is 4.08. The van der Waals surface area contributed by atoms with Crippen molar-refractivity contribution >= 4 is 5.65 Å². The molecule has 0 saturated carbocycles. The van der Waals surface area contributed by atoms with E-state index in [1.54, 1.807) is 20.4 Å². The van der Waals surface area contributed by atoms with Crippen molar-refractivity contribution in [2.75, 3.05) is 14.2 Å². The second-order valence-electron chi connectivity index (χ2n) is 4.92. The maximum absolute atomic E-state index is 5.42. The molecule has 5 nitrogen and oxygen atoms in total. The number of rotatable bonds is 3. The Morgan fingerprint density at radius 2 is 1.71 bits per heavy atom. The van der Waals surface area contributed by atoms with Crippen LogP contribution in [0, 0.1) is 13.8 Å². The molecule has 0 saturated heterocycles. The summed E-state index contributed by atoms with van der Waals surface area (Å²) < 4.78 is 12.6. The topological polar surface area (TPSA) is 48.7 Å². The molecule has 0 amide bonds. The lowest BCUT2D eigenvalue weighted by molar-refractivity contribution is 0.400. The standard InChI is InChI=1S/C16H17N3O2/c1-10-7-12(8-11(2)14(10)20-3)13-9-18-15-16(21-4)17-5-6-19(13)15/h5-9H,1-4H3. The lowest BCUT2D eigenvalue weighted by Gasteiger charge is -2.11. The molecule has 2 aromatic heterocycles. The van der Waals surface area contributed by atoms with E-state index >= 15 is 0 Å². The van der Waals surface area contributed by atoms with Crippen LogP contribution < -0.4 is 9.47 Å². The van der Waals surface area contributed by atoms with Crippen molar-refractivity contribution in [1.82, 2.24) is 14.4 Å². The third-order valence-electron chi connectivity index (χ3n) is 3.55. The Kier molecular flexibility index (Phi) is 3.25. The van der Waals surface area contributed by atoms with E-state index in [-0.39, 0.29) is 0 Å². The Balaban J connectivity index is 2.22. The van der Waals surface area contributed by atoms with Gasteiger partial charge < -0.3 is 9.47 Å². The van der Waals surface area contributed by atoms with Gasteiger partial charge in [0.2, 0.25) is 5.65 Å². The molecule has 0 bridgehead atoms. The molecule has 0 aliphatic carbocycles. The largest absolute Gasteiger partial charge is 0.496 e. The molecule has 0 spiro atoms. The van der Waals surface area contributed by atoms with Crippen LogP contribution in [0.2, 0.25) is 0 Å².